The topological polar surface area (TPSA) is 117 Å². The van der Waals surface area contributed by atoms with Gasteiger partial charge in [0.15, 0.2) is 0 Å². The second-order valence-corrected chi connectivity index (χ2v) is 9.48. The van der Waals surface area contributed by atoms with Crippen LogP contribution < -0.4 is 25.7 Å². The quantitative estimate of drug-likeness (QED) is 0.395. The van der Waals surface area contributed by atoms with E-state index in [0.717, 1.165) is 0 Å². The van der Waals surface area contributed by atoms with Crippen molar-refractivity contribution in [3.63, 3.8) is 0 Å². The Morgan fingerprint density at radius 2 is 1.72 bits per heavy atom. The summed E-state index contributed by atoms with van der Waals surface area (Å²) in [5.41, 5.74) is 0.0966. The zero-order chi connectivity index (χ0) is 26.6. The van der Waals surface area contributed by atoms with Gasteiger partial charge in [0.1, 0.15) is 22.7 Å². The number of carbonyl (C=O) groups excluding carboxylic acids is 1. The second-order valence-electron chi connectivity index (χ2n) is 8.72. The molecule has 36 heavy (non-hydrogen) atoms. The molecule has 3 rings (SSSR count). The number of halogens is 2. The van der Waals surface area contributed by atoms with Crippen LogP contribution in [0.2, 0.25) is 10.0 Å². The van der Waals surface area contributed by atoms with E-state index in [1.165, 1.54) is 18.8 Å². The lowest BCUT2D eigenvalue weighted by Gasteiger charge is -2.19. The molecule has 1 amide bonds. The number of hydrogen-bond acceptors (Lipinski definition) is 8. The molecule has 0 bridgehead atoms. The van der Waals surface area contributed by atoms with Crippen LogP contribution in [-0.2, 0) is 11.3 Å². The Hall–Kier alpha value is -3.24. The Bertz CT molecular complexity index is 1310. The third-order valence-corrected chi connectivity index (χ3v) is 5.81. The van der Waals surface area contributed by atoms with Crippen molar-refractivity contribution in [3.8, 4) is 22.6 Å². The molecule has 0 saturated carbocycles. The molecular weight excluding hydrogens is 509 g/mol. The van der Waals surface area contributed by atoms with Gasteiger partial charge in [0.2, 0.25) is 5.95 Å². The first-order valence-electron chi connectivity index (χ1n) is 11.2. The number of nitrogens with zero attached hydrogens (tertiary/aromatic N) is 3. The molecule has 1 aromatic carbocycles. The summed E-state index contributed by atoms with van der Waals surface area (Å²) in [5, 5.41) is 6.69. The van der Waals surface area contributed by atoms with Gasteiger partial charge in [-0.2, -0.15) is 4.98 Å². The summed E-state index contributed by atoms with van der Waals surface area (Å²) < 4.78 is 17.4. The molecule has 12 heteroatoms. The fraction of sp³-hybridized carbons (Fsp3) is 0.417. The maximum absolute atomic E-state index is 13.5. The number of hydrogen-bond donors (Lipinski definition) is 2. The van der Waals surface area contributed by atoms with Crippen molar-refractivity contribution in [2.75, 3.05) is 32.6 Å². The molecule has 0 aliphatic carbocycles. The van der Waals surface area contributed by atoms with Crippen molar-refractivity contribution in [2.24, 2.45) is 0 Å². The largest absolute Gasteiger partial charge is 0.495 e. The summed E-state index contributed by atoms with van der Waals surface area (Å²) in [4.78, 5) is 34.1. The van der Waals surface area contributed by atoms with E-state index in [2.05, 4.69) is 20.6 Å². The zero-order valence-corrected chi connectivity index (χ0v) is 22.5. The molecule has 0 aliphatic rings. The SMILES string of the molecule is CCn1c(=O)c(-c2c(Cl)c(OC)cc(OC)c2Cl)cc2cnc(NCCNC(=O)OC(C)(C)C)nc21. The van der Waals surface area contributed by atoms with Gasteiger partial charge in [0.05, 0.1) is 29.8 Å². The molecule has 0 fully saturated rings. The number of nitrogens with one attached hydrogen (secondary N) is 2. The molecule has 2 N–H and O–H groups in total. The number of fused-ring (bicyclic) bond motifs is 1. The van der Waals surface area contributed by atoms with Crippen molar-refractivity contribution in [2.45, 2.75) is 39.8 Å². The van der Waals surface area contributed by atoms with E-state index in [4.69, 9.17) is 37.4 Å². The first-order chi connectivity index (χ1) is 17.0. The van der Waals surface area contributed by atoms with Gasteiger partial charge >= 0.3 is 6.09 Å². The van der Waals surface area contributed by atoms with E-state index >= 15 is 0 Å². The van der Waals surface area contributed by atoms with Gasteiger partial charge in [0.25, 0.3) is 5.56 Å². The van der Waals surface area contributed by atoms with E-state index in [1.54, 1.807) is 39.1 Å². The molecule has 0 atom stereocenters. The van der Waals surface area contributed by atoms with Crippen LogP contribution in [0, 0.1) is 0 Å². The fourth-order valence-corrected chi connectivity index (χ4v) is 4.20. The number of pyridine rings is 1. The fourth-order valence-electron chi connectivity index (χ4n) is 3.49. The Morgan fingerprint density at radius 3 is 2.28 bits per heavy atom. The molecule has 0 spiro atoms. The number of ether oxygens (including phenoxy) is 3. The van der Waals surface area contributed by atoms with Crippen molar-refractivity contribution >= 4 is 46.3 Å². The minimum absolute atomic E-state index is 0.194. The van der Waals surface area contributed by atoms with Crippen LogP contribution in [0.5, 0.6) is 11.5 Å². The highest BCUT2D eigenvalue weighted by Crippen LogP contribution is 2.45. The Labute approximate surface area is 218 Å². The Balaban J connectivity index is 1.94. The normalized spacial score (nSPS) is 11.3. The van der Waals surface area contributed by atoms with Crippen molar-refractivity contribution in [3.05, 3.63) is 38.7 Å². The first-order valence-corrected chi connectivity index (χ1v) is 12.0. The van der Waals surface area contributed by atoms with Crippen LogP contribution in [0.15, 0.2) is 23.1 Å². The number of rotatable bonds is 8. The van der Waals surface area contributed by atoms with Gasteiger partial charge in [-0.15, -0.1) is 0 Å². The number of carbonyl (C=O) groups is 1. The van der Waals surface area contributed by atoms with Crippen molar-refractivity contribution in [1.29, 1.82) is 0 Å². The van der Waals surface area contributed by atoms with E-state index in [-0.39, 0.29) is 21.2 Å². The number of amides is 1. The van der Waals surface area contributed by atoms with Gasteiger partial charge in [0, 0.05) is 42.8 Å². The van der Waals surface area contributed by atoms with Crippen LogP contribution in [0.25, 0.3) is 22.2 Å². The number of aromatic nitrogens is 3. The highest BCUT2D eigenvalue weighted by atomic mass is 35.5. The van der Waals surface area contributed by atoms with E-state index in [9.17, 15) is 9.59 Å². The maximum Gasteiger partial charge on any atom is 0.407 e. The third kappa shape index (κ3) is 5.93. The van der Waals surface area contributed by atoms with Crippen LogP contribution in [0.4, 0.5) is 10.7 Å². The van der Waals surface area contributed by atoms with Crippen LogP contribution in [0.1, 0.15) is 27.7 Å². The lowest BCUT2D eigenvalue weighted by atomic mass is 10.0. The molecule has 10 nitrogen and oxygen atoms in total. The highest BCUT2D eigenvalue weighted by Gasteiger charge is 2.23. The van der Waals surface area contributed by atoms with Crippen LogP contribution in [0.3, 0.4) is 0 Å². The average molecular weight is 538 g/mol. The first kappa shape index (κ1) is 27.3. The van der Waals surface area contributed by atoms with E-state index < -0.39 is 11.7 Å². The highest BCUT2D eigenvalue weighted by molar-refractivity contribution is 6.41. The van der Waals surface area contributed by atoms with E-state index in [1.807, 2.05) is 6.92 Å². The number of anilines is 1. The number of alkyl carbamates (subject to hydrolysis) is 1. The summed E-state index contributed by atoms with van der Waals surface area (Å²) in [7, 11) is 2.93. The molecule has 3 aromatic rings. The predicted octanol–water partition coefficient (Wildman–Crippen LogP) is 4.74. The predicted molar refractivity (Wildman–Crippen MR) is 141 cm³/mol. The zero-order valence-electron chi connectivity index (χ0n) is 21.0. The summed E-state index contributed by atoms with van der Waals surface area (Å²) in [5.74, 6) is 0.958. The molecule has 194 valence electrons. The van der Waals surface area contributed by atoms with Gasteiger partial charge in [-0.05, 0) is 33.8 Å². The number of benzene rings is 1. The Morgan fingerprint density at radius 1 is 1.08 bits per heavy atom. The van der Waals surface area contributed by atoms with E-state index in [0.29, 0.717) is 53.7 Å². The molecule has 2 aromatic heterocycles. The summed E-state index contributed by atoms with van der Waals surface area (Å²) in [6.45, 7) is 8.20. The second kappa shape index (κ2) is 11.2. The minimum atomic E-state index is -0.577. The van der Waals surface area contributed by atoms with Gasteiger partial charge in [-0.25, -0.2) is 9.78 Å². The molecule has 0 aliphatic heterocycles. The lowest BCUT2D eigenvalue weighted by Crippen LogP contribution is -2.35. The molecule has 2 heterocycles. The standard InChI is InChI=1S/C24H29Cl2N5O5/c1-7-31-20-13(12-29-22(30-20)27-8-9-28-23(33)36-24(2,3)4)10-14(21(31)32)17-18(25)15(34-5)11-16(35-6)19(17)26/h10-12H,7-9H2,1-6H3,(H,28,33)(H,27,29,30). The minimum Gasteiger partial charge on any atom is -0.495 e. The van der Waals surface area contributed by atoms with Crippen molar-refractivity contribution < 1.29 is 19.0 Å². The monoisotopic (exact) mass is 537 g/mol. The summed E-state index contributed by atoms with van der Waals surface area (Å²) in [6, 6.07) is 3.20. The molecule has 0 unspecified atom stereocenters. The number of methoxy groups -OCH3 is 2. The Kier molecular flexibility index (Phi) is 8.52. The lowest BCUT2D eigenvalue weighted by molar-refractivity contribution is 0.0530. The van der Waals surface area contributed by atoms with Crippen molar-refractivity contribution in [1.82, 2.24) is 19.9 Å². The smallest absolute Gasteiger partial charge is 0.407 e. The molecule has 0 radical (unpaired) electrons. The van der Waals surface area contributed by atoms with Crippen LogP contribution >= 0.6 is 23.2 Å². The number of aryl methyl sites for hydroxylation is 1. The summed E-state index contributed by atoms with van der Waals surface area (Å²) >= 11 is 13.1. The van der Waals surface area contributed by atoms with Gasteiger partial charge in [-0.3, -0.25) is 9.36 Å². The van der Waals surface area contributed by atoms with Gasteiger partial charge < -0.3 is 24.8 Å². The average Bonchev–Trinajstić information content (AvgIpc) is 2.81. The maximum atomic E-state index is 13.5. The molecular formula is C24H29Cl2N5O5. The molecule has 0 saturated heterocycles. The van der Waals surface area contributed by atoms with Crippen LogP contribution in [-0.4, -0.2) is 53.5 Å². The summed E-state index contributed by atoms with van der Waals surface area (Å²) in [6.07, 6.45) is 1.09. The van der Waals surface area contributed by atoms with Gasteiger partial charge in [-0.1, -0.05) is 23.2 Å². The third-order valence-electron chi connectivity index (χ3n) is 5.06.